The fourth-order valence-corrected chi connectivity index (χ4v) is 2.86. The Morgan fingerprint density at radius 3 is 2.42 bits per heavy atom. The number of carbonyl (C=O) groups is 4. The van der Waals surface area contributed by atoms with Crippen molar-refractivity contribution in [3.05, 3.63) is 28.8 Å². The zero-order valence-electron chi connectivity index (χ0n) is 14.6. The van der Waals surface area contributed by atoms with Gasteiger partial charge in [-0.1, -0.05) is 11.6 Å². The van der Waals surface area contributed by atoms with Gasteiger partial charge < -0.3 is 19.4 Å². The number of carbonyl (C=O) groups excluding carboxylic acids is 4. The Hall–Kier alpha value is -2.61. The number of amides is 3. The van der Waals surface area contributed by atoms with Gasteiger partial charge in [-0.25, -0.2) is 4.79 Å². The maximum atomic E-state index is 12.6. The summed E-state index contributed by atoms with van der Waals surface area (Å²) in [5, 5.41) is 0.242. The smallest absolute Gasteiger partial charge is 0.337 e. The molecule has 8 nitrogen and oxygen atoms in total. The zero-order valence-corrected chi connectivity index (χ0v) is 15.4. The molecule has 0 bridgehead atoms. The Morgan fingerprint density at radius 1 is 1.23 bits per heavy atom. The second-order valence-electron chi connectivity index (χ2n) is 5.79. The van der Waals surface area contributed by atoms with E-state index in [1.165, 1.54) is 37.1 Å². The highest BCUT2D eigenvalue weighted by Gasteiger charge is 2.25. The summed E-state index contributed by atoms with van der Waals surface area (Å²) in [6, 6.07) is 4.38. The monoisotopic (exact) mass is 381 g/mol. The molecule has 1 aromatic carbocycles. The zero-order chi connectivity index (χ0) is 19.3. The van der Waals surface area contributed by atoms with Crippen molar-refractivity contribution in [3.63, 3.8) is 0 Å². The van der Waals surface area contributed by atoms with Crippen LogP contribution < -0.4 is 4.90 Å². The van der Waals surface area contributed by atoms with Crippen LogP contribution in [-0.2, 0) is 19.1 Å². The average Bonchev–Trinajstić information content (AvgIpc) is 2.65. The minimum Gasteiger partial charge on any atom is -0.465 e. The maximum Gasteiger partial charge on any atom is 0.337 e. The number of anilines is 1. The molecular formula is C17H20ClN3O5. The first-order valence-corrected chi connectivity index (χ1v) is 8.38. The minimum atomic E-state index is -0.567. The van der Waals surface area contributed by atoms with Gasteiger partial charge in [0.25, 0.3) is 0 Å². The fraction of sp³-hybridized carbons (Fsp3) is 0.412. The number of esters is 1. The SMILES string of the molecule is COC(=O)c1ccc(Cl)c(N(CC(=O)N2CCN(C=O)CC2)C(C)=O)c1. The van der Waals surface area contributed by atoms with Crippen LogP contribution in [0, 0.1) is 0 Å². The maximum absolute atomic E-state index is 12.6. The molecule has 0 N–H and O–H groups in total. The first kappa shape index (κ1) is 19.7. The van der Waals surface area contributed by atoms with Gasteiger partial charge in [-0.15, -0.1) is 0 Å². The van der Waals surface area contributed by atoms with Crippen molar-refractivity contribution in [1.29, 1.82) is 0 Å². The summed E-state index contributed by atoms with van der Waals surface area (Å²) in [7, 11) is 1.25. The second kappa shape index (κ2) is 8.66. The molecule has 1 aliphatic rings. The highest BCUT2D eigenvalue weighted by molar-refractivity contribution is 6.34. The summed E-state index contributed by atoms with van der Waals surface area (Å²) in [6.45, 7) is 2.82. The molecule has 2 rings (SSSR count). The van der Waals surface area contributed by atoms with Crippen LogP contribution >= 0.6 is 11.6 Å². The summed E-state index contributed by atoms with van der Waals surface area (Å²) >= 11 is 6.17. The summed E-state index contributed by atoms with van der Waals surface area (Å²) in [6.07, 6.45) is 0.752. The molecule has 0 atom stereocenters. The van der Waals surface area contributed by atoms with Crippen LogP contribution in [0.1, 0.15) is 17.3 Å². The lowest BCUT2D eigenvalue weighted by Crippen LogP contribution is -2.51. The van der Waals surface area contributed by atoms with E-state index in [0.29, 0.717) is 26.2 Å². The number of ether oxygens (including phenoxy) is 1. The molecule has 0 spiro atoms. The molecule has 1 heterocycles. The molecule has 0 saturated carbocycles. The van der Waals surface area contributed by atoms with Gasteiger partial charge in [0, 0.05) is 33.1 Å². The van der Waals surface area contributed by atoms with Crippen molar-refractivity contribution < 1.29 is 23.9 Å². The molecule has 0 aliphatic carbocycles. The summed E-state index contributed by atoms with van der Waals surface area (Å²) in [4.78, 5) is 51.5. The topological polar surface area (TPSA) is 87.2 Å². The molecule has 1 saturated heterocycles. The molecule has 140 valence electrons. The summed E-state index contributed by atoms with van der Waals surface area (Å²) in [5.74, 6) is -1.21. The first-order chi connectivity index (χ1) is 12.4. The summed E-state index contributed by atoms with van der Waals surface area (Å²) in [5.41, 5.74) is 0.493. The lowest BCUT2D eigenvalue weighted by molar-refractivity contribution is -0.134. The van der Waals surface area contributed by atoms with Gasteiger partial charge >= 0.3 is 5.97 Å². The predicted molar refractivity (Wildman–Crippen MR) is 95.0 cm³/mol. The van der Waals surface area contributed by atoms with E-state index in [0.717, 1.165) is 6.41 Å². The van der Waals surface area contributed by atoms with E-state index in [-0.39, 0.29) is 34.6 Å². The van der Waals surface area contributed by atoms with Crippen molar-refractivity contribution in [1.82, 2.24) is 9.80 Å². The van der Waals surface area contributed by atoms with Crippen molar-refractivity contribution in [2.75, 3.05) is 44.7 Å². The number of benzene rings is 1. The Bertz CT molecular complexity index is 716. The number of rotatable bonds is 5. The Labute approximate surface area is 156 Å². The third-order valence-electron chi connectivity index (χ3n) is 4.15. The summed E-state index contributed by atoms with van der Waals surface area (Å²) < 4.78 is 4.67. The van der Waals surface area contributed by atoms with Crippen LogP contribution in [0.4, 0.5) is 5.69 Å². The quantitative estimate of drug-likeness (QED) is 0.555. The van der Waals surface area contributed by atoms with Crippen molar-refractivity contribution >= 4 is 41.5 Å². The van der Waals surface area contributed by atoms with Gasteiger partial charge in [0.1, 0.15) is 6.54 Å². The van der Waals surface area contributed by atoms with Gasteiger partial charge in [0.05, 0.1) is 23.4 Å². The number of hydrogen-bond donors (Lipinski definition) is 0. The lowest BCUT2D eigenvalue weighted by Gasteiger charge is -2.34. The molecule has 0 radical (unpaired) electrons. The van der Waals surface area contributed by atoms with E-state index >= 15 is 0 Å². The molecule has 3 amide bonds. The number of nitrogens with zero attached hydrogens (tertiary/aromatic N) is 3. The van der Waals surface area contributed by atoms with Crippen molar-refractivity contribution in [3.8, 4) is 0 Å². The van der Waals surface area contributed by atoms with Crippen LogP contribution in [0.25, 0.3) is 0 Å². The average molecular weight is 382 g/mol. The Balaban J connectivity index is 2.19. The van der Waals surface area contributed by atoms with Gasteiger partial charge in [-0.2, -0.15) is 0 Å². The van der Waals surface area contributed by atoms with Crippen LogP contribution in [0.3, 0.4) is 0 Å². The standard InChI is InChI=1S/C17H20ClN3O5/c1-12(23)21(10-16(24)20-7-5-19(11-22)6-8-20)15-9-13(17(25)26-2)3-4-14(15)18/h3-4,9,11H,5-8,10H2,1-2H3. The molecule has 9 heteroatoms. The van der Waals surface area contributed by atoms with Gasteiger partial charge in [-0.3, -0.25) is 14.4 Å². The molecule has 1 aliphatic heterocycles. The Morgan fingerprint density at radius 2 is 1.88 bits per heavy atom. The molecule has 1 aromatic rings. The second-order valence-corrected chi connectivity index (χ2v) is 6.19. The third kappa shape index (κ3) is 4.51. The number of hydrogen-bond acceptors (Lipinski definition) is 5. The fourth-order valence-electron chi connectivity index (χ4n) is 2.64. The number of piperazine rings is 1. The van der Waals surface area contributed by atoms with Crippen molar-refractivity contribution in [2.45, 2.75) is 6.92 Å². The van der Waals surface area contributed by atoms with Gasteiger partial charge in [-0.05, 0) is 18.2 Å². The van der Waals surface area contributed by atoms with Crippen LogP contribution in [0.5, 0.6) is 0 Å². The van der Waals surface area contributed by atoms with Gasteiger partial charge in [0.2, 0.25) is 18.2 Å². The minimum absolute atomic E-state index is 0.208. The molecule has 0 unspecified atom stereocenters. The van der Waals surface area contributed by atoms with E-state index in [2.05, 4.69) is 4.74 Å². The third-order valence-corrected chi connectivity index (χ3v) is 4.47. The van der Waals surface area contributed by atoms with Crippen LogP contribution in [-0.4, -0.2) is 73.8 Å². The lowest BCUT2D eigenvalue weighted by atomic mass is 10.1. The highest BCUT2D eigenvalue weighted by Crippen LogP contribution is 2.28. The normalized spacial score (nSPS) is 14.0. The number of halogens is 1. The molecule has 26 heavy (non-hydrogen) atoms. The molecule has 0 aromatic heterocycles. The van der Waals surface area contributed by atoms with Gasteiger partial charge in [0.15, 0.2) is 0 Å². The van der Waals surface area contributed by atoms with E-state index in [9.17, 15) is 19.2 Å². The van der Waals surface area contributed by atoms with Crippen LogP contribution in [0.2, 0.25) is 5.02 Å². The van der Waals surface area contributed by atoms with E-state index in [1.807, 2.05) is 0 Å². The first-order valence-electron chi connectivity index (χ1n) is 8.00. The van der Waals surface area contributed by atoms with E-state index in [1.54, 1.807) is 9.80 Å². The van der Waals surface area contributed by atoms with Crippen molar-refractivity contribution in [2.24, 2.45) is 0 Å². The highest BCUT2D eigenvalue weighted by atomic mass is 35.5. The van der Waals surface area contributed by atoms with Crippen LogP contribution in [0.15, 0.2) is 18.2 Å². The molecular weight excluding hydrogens is 362 g/mol. The molecule has 1 fully saturated rings. The van der Waals surface area contributed by atoms with E-state index < -0.39 is 5.97 Å². The Kier molecular flexibility index (Phi) is 6.57. The van der Waals surface area contributed by atoms with E-state index in [4.69, 9.17) is 11.6 Å². The number of methoxy groups -OCH3 is 1. The predicted octanol–water partition coefficient (Wildman–Crippen LogP) is 0.780. The largest absolute Gasteiger partial charge is 0.465 e.